The molecule has 0 saturated carbocycles. The van der Waals surface area contributed by atoms with Gasteiger partial charge in [-0.2, -0.15) is 0 Å². The molecule has 32 heavy (non-hydrogen) atoms. The monoisotopic (exact) mass is 465 g/mol. The quantitative estimate of drug-likeness (QED) is 0.328. The number of anilines is 1. The summed E-state index contributed by atoms with van der Waals surface area (Å²) in [7, 11) is 0. The Morgan fingerprint density at radius 3 is 2.69 bits per heavy atom. The molecule has 5 rings (SSSR count). The third kappa shape index (κ3) is 3.80. The van der Waals surface area contributed by atoms with E-state index in [0.29, 0.717) is 16.4 Å². The maximum atomic E-state index is 12.5. The Labute approximate surface area is 193 Å². The third-order valence-electron chi connectivity index (χ3n) is 5.72. The van der Waals surface area contributed by atoms with Gasteiger partial charge in [0.15, 0.2) is 16.6 Å². The number of ketones is 1. The molecule has 1 aromatic carbocycles. The molecular weight excluding hydrogens is 442 g/mol. The fourth-order valence-electron chi connectivity index (χ4n) is 4.14. The van der Waals surface area contributed by atoms with Crippen LogP contribution in [0.4, 0.5) is 5.69 Å². The van der Waals surface area contributed by atoms with Gasteiger partial charge in [0.25, 0.3) is 0 Å². The van der Waals surface area contributed by atoms with Crippen molar-refractivity contribution in [2.75, 3.05) is 11.1 Å². The lowest BCUT2D eigenvalue weighted by Gasteiger charge is -2.11. The number of benzene rings is 1. The van der Waals surface area contributed by atoms with Crippen molar-refractivity contribution in [1.82, 2.24) is 19.6 Å². The van der Waals surface area contributed by atoms with Crippen LogP contribution in [0.2, 0.25) is 0 Å². The second kappa shape index (κ2) is 8.63. The molecule has 3 heterocycles. The highest BCUT2D eigenvalue weighted by molar-refractivity contribution is 7.99. The Bertz CT molecular complexity index is 1340. The lowest BCUT2D eigenvalue weighted by atomic mass is 9.97. The van der Waals surface area contributed by atoms with E-state index in [4.69, 9.17) is 4.98 Å². The Balaban J connectivity index is 1.39. The van der Waals surface area contributed by atoms with E-state index in [1.807, 2.05) is 4.40 Å². The number of aromatic nitrogens is 4. The van der Waals surface area contributed by atoms with E-state index in [0.717, 1.165) is 41.0 Å². The molecule has 3 aromatic heterocycles. The maximum Gasteiger partial charge on any atom is 0.234 e. The maximum absolute atomic E-state index is 12.5. The number of Topliss-reactive ketones (excluding diaryl/α,β-unsaturated/α-hetero) is 1. The minimum atomic E-state index is -0.137. The number of fused-ring (bicyclic) bond motifs is 5. The van der Waals surface area contributed by atoms with Crippen LogP contribution in [0.15, 0.2) is 29.4 Å². The number of hydrogen-bond acceptors (Lipinski definition) is 7. The summed E-state index contributed by atoms with van der Waals surface area (Å²) in [6, 6.07) is 6.90. The van der Waals surface area contributed by atoms with Gasteiger partial charge < -0.3 is 5.32 Å². The van der Waals surface area contributed by atoms with Gasteiger partial charge in [-0.3, -0.25) is 14.0 Å². The van der Waals surface area contributed by atoms with E-state index in [-0.39, 0.29) is 17.4 Å². The van der Waals surface area contributed by atoms with Gasteiger partial charge in [-0.15, -0.1) is 21.5 Å². The van der Waals surface area contributed by atoms with Gasteiger partial charge in [-0.1, -0.05) is 18.7 Å². The van der Waals surface area contributed by atoms with Crippen molar-refractivity contribution < 1.29 is 9.59 Å². The van der Waals surface area contributed by atoms with Crippen LogP contribution in [0.25, 0.3) is 15.9 Å². The van der Waals surface area contributed by atoms with Crippen LogP contribution < -0.4 is 5.32 Å². The summed E-state index contributed by atoms with van der Waals surface area (Å²) in [4.78, 5) is 31.3. The van der Waals surface area contributed by atoms with Gasteiger partial charge in [-0.25, -0.2) is 4.98 Å². The summed E-state index contributed by atoms with van der Waals surface area (Å²) < 4.78 is 2.02. The van der Waals surface area contributed by atoms with Crippen LogP contribution in [0.3, 0.4) is 0 Å². The fourth-order valence-corrected chi connectivity index (χ4v) is 6.17. The number of carbonyl (C=O) groups excluding carboxylic acids is 2. The van der Waals surface area contributed by atoms with E-state index < -0.39 is 0 Å². The normalized spacial score (nSPS) is 13.4. The van der Waals surface area contributed by atoms with Crippen LogP contribution in [-0.4, -0.2) is 37.0 Å². The van der Waals surface area contributed by atoms with Crippen molar-refractivity contribution in [3.63, 3.8) is 0 Å². The van der Waals surface area contributed by atoms with Gasteiger partial charge in [0.05, 0.1) is 11.1 Å². The molecule has 1 amide bonds. The van der Waals surface area contributed by atoms with Gasteiger partial charge >= 0.3 is 0 Å². The van der Waals surface area contributed by atoms with E-state index in [1.54, 1.807) is 35.6 Å². The topological polar surface area (TPSA) is 89.2 Å². The highest BCUT2D eigenvalue weighted by Gasteiger charge is 2.23. The van der Waals surface area contributed by atoms with Crippen LogP contribution in [0, 0.1) is 0 Å². The number of rotatable bonds is 6. The highest BCUT2D eigenvalue weighted by Crippen LogP contribution is 2.38. The first-order valence-corrected chi connectivity index (χ1v) is 12.6. The summed E-state index contributed by atoms with van der Waals surface area (Å²) in [5, 5.41) is 13.6. The molecule has 0 unspecified atom stereocenters. The molecule has 7 nitrogen and oxygen atoms in total. The Kier molecular flexibility index (Phi) is 5.69. The number of nitrogens with zero attached hydrogens (tertiary/aromatic N) is 4. The van der Waals surface area contributed by atoms with E-state index in [9.17, 15) is 9.59 Å². The van der Waals surface area contributed by atoms with Crippen molar-refractivity contribution in [2.24, 2.45) is 0 Å². The molecule has 1 aliphatic rings. The van der Waals surface area contributed by atoms with E-state index in [1.165, 1.54) is 42.0 Å². The number of carbonyl (C=O) groups is 2. The molecule has 0 spiro atoms. The number of aryl methyl sites for hydroxylation is 3. The van der Waals surface area contributed by atoms with Gasteiger partial charge in [0.2, 0.25) is 5.91 Å². The first kappa shape index (κ1) is 21.1. The van der Waals surface area contributed by atoms with Gasteiger partial charge in [0, 0.05) is 22.5 Å². The van der Waals surface area contributed by atoms with Crippen LogP contribution in [0.5, 0.6) is 0 Å². The predicted molar refractivity (Wildman–Crippen MR) is 128 cm³/mol. The third-order valence-corrected chi connectivity index (χ3v) is 7.84. The zero-order chi connectivity index (χ0) is 22.2. The molecule has 0 aliphatic heterocycles. The number of amides is 1. The first-order valence-electron chi connectivity index (χ1n) is 10.8. The molecule has 0 bridgehead atoms. The van der Waals surface area contributed by atoms with Crippen LogP contribution >= 0.6 is 23.1 Å². The largest absolute Gasteiger partial charge is 0.325 e. The van der Waals surface area contributed by atoms with Crippen molar-refractivity contribution >= 4 is 56.3 Å². The average Bonchev–Trinajstić information content (AvgIpc) is 3.38. The zero-order valence-electron chi connectivity index (χ0n) is 18.0. The molecule has 0 fully saturated rings. The molecule has 0 saturated heterocycles. The smallest absolute Gasteiger partial charge is 0.234 e. The van der Waals surface area contributed by atoms with Crippen molar-refractivity contribution in [3.05, 3.63) is 46.1 Å². The van der Waals surface area contributed by atoms with Crippen molar-refractivity contribution in [2.45, 2.75) is 51.1 Å². The molecular formula is C23H23N5O2S2. The molecule has 4 aromatic rings. The molecule has 0 atom stereocenters. The van der Waals surface area contributed by atoms with Crippen molar-refractivity contribution in [1.29, 1.82) is 0 Å². The van der Waals surface area contributed by atoms with Gasteiger partial charge in [0.1, 0.15) is 10.7 Å². The lowest BCUT2D eigenvalue weighted by Crippen LogP contribution is -2.14. The van der Waals surface area contributed by atoms with Crippen LogP contribution in [0.1, 0.15) is 53.3 Å². The SMILES string of the molecule is CCc1nc2sc3c(c2c2nnc(SCC(=O)Nc4ccc(C(C)=O)cc4)n12)CCCC3. The Morgan fingerprint density at radius 1 is 1.16 bits per heavy atom. The average molecular weight is 466 g/mol. The summed E-state index contributed by atoms with van der Waals surface area (Å²) >= 11 is 3.15. The second-order valence-electron chi connectivity index (χ2n) is 7.88. The first-order chi connectivity index (χ1) is 15.5. The second-order valence-corrected chi connectivity index (χ2v) is 9.91. The van der Waals surface area contributed by atoms with Crippen LogP contribution in [-0.2, 0) is 24.1 Å². The zero-order valence-corrected chi connectivity index (χ0v) is 19.6. The fraction of sp³-hybridized carbons (Fsp3) is 0.348. The number of hydrogen-bond donors (Lipinski definition) is 1. The summed E-state index contributed by atoms with van der Waals surface area (Å²) in [5.41, 5.74) is 3.52. The van der Waals surface area contributed by atoms with Crippen molar-refractivity contribution in [3.8, 4) is 0 Å². The van der Waals surface area contributed by atoms with Gasteiger partial charge in [-0.05, 0) is 62.4 Å². The summed E-state index contributed by atoms with van der Waals surface area (Å²) in [5.74, 6) is 0.984. The molecule has 1 N–H and O–H groups in total. The standard InChI is InChI=1S/C23H23N5O2S2/c1-3-18-25-22-20(16-6-4-5-7-17(16)32-22)21-26-27-23(28(18)21)31-12-19(30)24-15-10-8-14(9-11-15)13(2)29/h8-11H,3-7,12H2,1-2H3,(H,24,30). The molecule has 1 aliphatic carbocycles. The highest BCUT2D eigenvalue weighted by atomic mass is 32.2. The Hall–Kier alpha value is -2.78. The minimum Gasteiger partial charge on any atom is -0.325 e. The number of nitrogens with one attached hydrogen (secondary N) is 1. The predicted octanol–water partition coefficient (Wildman–Crippen LogP) is 4.71. The summed E-state index contributed by atoms with van der Waals surface area (Å²) in [6.45, 7) is 3.60. The molecule has 0 radical (unpaired) electrons. The number of thiophene rings is 1. The van der Waals surface area contributed by atoms with E-state index >= 15 is 0 Å². The lowest BCUT2D eigenvalue weighted by molar-refractivity contribution is -0.113. The number of thioether (sulfide) groups is 1. The molecule has 164 valence electrons. The Morgan fingerprint density at radius 2 is 1.94 bits per heavy atom. The molecule has 9 heteroatoms. The minimum absolute atomic E-state index is 0.00143. The van der Waals surface area contributed by atoms with E-state index in [2.05, 4.69) is 22.4 Å². The summed E-state index contributed by atoms with van der Waals surface area (Å²) in [6.07, 6.45) is 5.38.